The molecule has 0 heterocycles. The summed E-state index contributed by atoms with van der Waals surface area (Å²) >= 11 is 0. The zero-order valence-corrected chi connectivity index (χ0v) is 16.6. The van der Waals surface area contributed by atoms with E-state index < -0.39 is 10.0 Å². The number of carbonyl (C=O) groups is 1. The molecule has 5 rings (SSSR count). The van der Waals surface area contributed by atoms with E-state index in [9.17, 15) is 13.2 Å². The van der Waals surface area contributed by atoms with Crippen molar-refractivity contribution in [3.05, 3.63) is 24.3 Å². The summed E-state index contributed by atoms with van der Waals surface area (Å²) in [6, 6.07) is 6.41. The Morgan fingerprint density at radius 1 is 1.00 bits per heavy atom. The number of hydrogen-bond acceptors (Lipinski definition) is 3. The minimum atomic E-state index is -3.46. The molecule has 4 saturated carbocycles. The number of nitrogens with one attached hydrogen (secondary N) is 2. The molecule has 4 aliphatic carbocycles. The van der Waals surface area contributed by atoms with Crippen molar-refractivity contribution >= 4 is 21.6 Å². The number of amides is 1. The Hall–Kier alpha value is -1.40. The number of sulfonamides is 1. The van der Waals surface area contributed by atoms with Crippen LogP contribution in [0.25, 0.3) is 0 Å². The van der Waals surface area contributed by atoms with Gasteiger partial charge in [0.25, 0.3) is 0 Å². The van der Waals surface area contributed by atoms with Crippen LogP contribution in [0, 0.1) is 22.2 Å². The Bertz CT molecular complexity index is 828. The van der Waals surface area contributed by atoms with E-state index in [1.807, 2.05) is 0 Å². The Morgan fingerprint density at radius 2 is 1.58 bits per heavy atom. The van der Waals surface area contributed by atoms with Crippen LogP contribution in [0.4, 0.5) is 5.69 Å². The van der Waals surface area contributed by atoms with Gasteiger partial charge in [-0.15, -0.1) is 0 Å². The fourth-order valence-electron chi connectivity index (χ4n) is 6.80. The number of anilines is 1. The van der Waals surface area contributed by atoms with Crippen LogP contribution in [0.3, 0.4) is 0 Å². The highest BCUT2D eigenvalue weighted by Gasteiger charge is 2.62. The van der Waals surface area contributed by atoms with Crippen LogP contribution in [0.15, 0.2) is 29.2 Å². The molecule has 0 spiro atoms. The summed E-state index contributed by atoms with van der Waals surface area (Å²) in [5, 5.41) is 3.08. The molecule has 4 bridgehead atoms. The molecule has 5 nitrogen and oxygen atoms in total. The Morgan fingerprint density at radius 3 is 2.08 bits per heavy atom. The van der Waals surface area contributed by atoms with E-state index in [-0.39, 0.29) is 27.0 Å². The lowest BCUT2D eigenvalue weighted by Crippen LogP contribution is -2.58. The van der Waals surface area contributed by atoms with E-state index in [0.29, 0.717) is 11.6 Å². The van der Waals surface area contributed by atoms with Gasteiger partial charge in [-0.3, -0.25) is 4.79 Å². The second kappa shape index (κ2) is 5.55. The maximum Gasteiger partial charge on any atom is 0.240 e. The van der Waals surface area contributed by atoms with Gasteiger partial charge in [0.15, 0.2) is 0 Å². The third-order valence-electron chi connectivity index (χ3n) is 6.80. The highest BCUT2D eigenvalue weighted by Crippen LogP contribution is 2.69. The third-order valence-corrected chi connectivity index (χ3v) is 8.23. The van der Waals surface area contributed by atoms with E-state index in [1.165, 1.54) is 38.4 Å². The summed E-state index contributed by atoms with van der Waals surface area (Å²) < 4.78 is 26.0. The SMILES string of the molecule is CNS(=O)(=O)c1ccc(NC(=O)C23CC4C[C@@](C)(C2)C[C@@](C)(C4)C3)cc1. The van der Waals surface area contributed by atoms with Crippen molar-refractivity contribution < 1.29 is 13.2 Å². The van der Waals surface area contributed by atoms with E-state index in [4.69, 9.17) is 0 Å². The first-order valence-electron chi connectivity index (χ1n) is 9.42. The van der Waals surface area contributed by atoms with Gasteiger partial charge in [-0.1, -0.05) is 13.8 Å². The molecule has 4 fully saturated rings. The number of hydrogen-bond donors (Lipinski definition) is 2. The maximum absolute atomic E-state index is 13.2. The molecule has 0 radical (unpaired) electrons. The van der Waals surface area contributed by atoms with Crippen LogP contribution in [0.2, 0.25) is 0 Å². The highest BCUT2D eigenvalue weighted by molar-refractivity contribution is 7.89. The molecule has 1 aromatic carbocycles. The Balaban J connectivity index is 1.55. The molecule has 142 valence electrons. The van der Waals surface area contributed by atoms with Crippen molar-refractivity contribution in [3.8, 4) is 0 Å². The van der Waals surface area contributed by atoms with Crippen molar-refractivity contribution in [2.45, 2.75) is 57.3 Å². The number of benzene rings is 1. The molecular weight excluding hydrogens is 348 g/mol. The highest BCUT2D eigenvalue weighted by atomic mass is 32.2. The molecule has 0 saturated heterocycles. The molecule has 0 aliphatic heterocycles. The molecule has 1 aromatic rings. The fourth-order valence-corrected chi connectivity index (χ4v) is 7.53. The van der Waals surface area contributed by atoms with Gasteiger partial charge in [-0.25, -0.2) is 13.1 Å². The molecular formula is C20H28N2O3S. The summed E-state index contributed by atoms with van der Waals surface area (Å²) in [5.41, 5.74) is 0.974. The number of carbonyl (C=O) groups excluding carboxylic acids is 1. The summed E-state index contributed by atoms with van der Waals surface area (Å²) in [6.45, 7) is 4.71. The van der Waals surface area contributed by atoms with Gasteiger partial charge in [-0.05, 0) is 86.6 Å². The van der Waals surface area contributed by atoms with E-state index in [2.05, 4.69) is 23.9 Å². The van der Waals surface area contributed by atoms with Crippen LogP contribution in [-0.4, -0.2) is 21.4 Å². The lowest BCUT2D eigenvalue weighted by molar-refractivity contribution is -0.165. The van der Waals surface area contributed by atoms with Crippen molar-refractivity contribution in [2.75, 3.05) is 12.4 Å². The molecule has 2 N–H and O–H groups in total. The van der Waals surface area contributed by atoms with Gasteiger partial charge in [0.2, 0.25) is 15.9 Å². The van der Waals surface area contributed by atoms with Gasteiger partial charge in [0.1, 0.15) is 0 Å². The zero-order chi connectivity index (χ0) is 18.8. The first kappa shape index (κ1) is 18.0. The van der Waals surface area contributed by atoms with E-state index in [0.717, 1.165) is 19.3 Å². The molecule has 2 atom stereocenters. The first-order valence-corrected chi connectivity index (χ1v) is 10.9. The van der Waals surface area contributed by atoms with Gasteiger partial charge >= 0.3 is 0 Å². The summed E-state index contributed by atoms with van der Waals surface area (Å²) in [4.78, 5) is 13.4. The largest absolute Gasteiger partial charge is 0.326 e. The van der Waals surface area contributed by atoms with Crippen LogP contribution in [0.1, 0.15) is 52.4 Å². The van der Waals surface area contributed by atoms with E-state index >= 15 is 0 Å². The summed E-state index contributed by atoms with van der Waals surface area (Å²) in [5.74, 6) is 0.776. The van der Waals surface area contributed by atoms with Crippen molar-refractivity contribution in [3.63, 3.8) is 0 Å². The second-order valence-corrected chi connectivity index (χ2v) is 11.5. The van der Waals surface area contributed by atoms with Crippen LogP contribution in [-0.2, 0) is 14.8 Å². The predicted molar refractivity (Wildman–Crippen MR) is 101 cm³/mol. The Kier molecular flexibility index (Phi) is 3.84. The van der Waals surface area contributed by atoms with Crippen molar-refractivity contribution in [1.29, 1.82) is 0 Å². The summed E-state index contributed by atoms with van der Waals surface area (Å²) in [6.07, 6.45) is 6.70. The average molecular weight is 377 g/mol. The minimum Gasteiger partial charge on any atom is -0.326 e. The summed E-state index contributed by atoms with van der Waals surface area (Å²) in [7, 11) is -2.07. The Labute approximate surface area is 156 Å². The lowest BCUT2D eigenvalue weighted by Gasteiger charge is -2.64. The zero-order valence-electron chi connectivity index (χ0n) is 15.8. The molecule has 0 aromatic heterocycles. The topological polar surface area (TPSA) is 75.3 Å². The standard InChI is InChI=1S/C20H28N2O3S/c1-18-8-14-9-19(2,11-18)13-20(10-14,12-18)17(23)22-15-4-6-16(7-5-15)26(24,25)21-3/h4-7,14,21H,8-13H2,1-3H3,(H,22,23)/t14?,18-,19-,20?/m1/s1. The molecule has 1 amide bonds. The van der Waals surface area contributed by atoms with Crippen molar-refractivity contribution in [1.82, 2.24) is 4.72 Å². The predicted octanol–water partition coefficient (Wildman–Crippen LogP) is 3.53. The molecule has 6 heteroatoms. The van der Waals surface area contributed by atoms with Gasteiger partial charge in [0.05, 0.1) is 10.3 Å². The smallest absolute Gasteiger partial charge is 0.240 e. The van der Waals surface area contributed by atoms with Crippen LogP contribution < -0.4 is 10.0 Å². The second-order valence-electron chi connectivity index (χ2n) is 9.60. The number of rotatable bonds is 4. The van der Waals surface area contributed by atoms with Gasteiger partial charge < -0.3 is 5.32 Å². The van der Waals surface area contributed by atoms with Crippen LogP contribution >= 0.6 is 0 Å². The lowest BCUT2D eigenvalue weighted by atomic mass is 9.40. The third kappa shape index (κ3) is 2.87. The average Bonchev–Trinajstić information content (AvgIpc) is 2.52. The first-order chi connectivity index (χ1) is 12.1. The fraction of sp³-hybridized carbons (Fsp3) is 0.650. The molecule has 4 aliphatic rings. The molecule has 26 heavy (non-hydrogen) atoms. The van der Waals surface area contributed by atoms with Crippen molar-refractivity contribution in [2.24, 2.45) is 22.2 Å². The van der Waals surface area contributed by atoms with E-state index in [1.54, 1.807) is 12.1 Å². The monoisotopic (exact) mass is 376 g/mol. The maximum atomic E-state index is 13.2. The minimum absolute atomic E-state index is 0.114. The van der Waals surface area contributed by atoms with Gasteiger partial charge in [-0.2, -0.15) is 0 Å². The van der Waals surface area contributed by atoms with Crippen LogP contribution in [0.5, 0.6) is 0 Å². The quantitative estimate of drug-likeness (QED) is 0.844. The normalized spacial score (nSPS) is 38.3. The molecule has 0 unspecified atom stereocenters. The van der Waals surface area contributed by atoms with Gasteiger partial charge in [0, 0.05) is 5.69 Å².